The van der Waals surface area contributed by atoms with Crippen LogP contribution in [0.3, 0.4) is 0 Å². The number of halogens is 6. The molecule has 2 unspecified atom stereocenters. The lowest BCUT2D eigenvalue weighted by atomic mass is 9.86. The van der Waals surface area contributed by atoms with E-state index in [1.807, 2.05) is 13.8 Å². The number of piperidine rings is 1. The van der Waals surface area contributed by atoms with Gasteiger partial charge in [-0.2, -0.15) is 31.6 Å². The first kappa shape index (κ1) is 55.0. The molecule has 3 heterocycles. The molecule has 0 radical (unpaired) electrons. The number of anilines is 4. The van der Waals surface area contributed by atoms with Crippen molar-refractivity contribution in [3.8, 4) is 17.6 Å². The molecule has 7 rings (SSSR count). The molecule has 2 atom stereocenters. The van der Waals surface area contributed by atoms with E-state index in [0.29, 0.717) is 53.2 Å². The van der Waals surface area contributed by atoms with E-state index >= 15 is 13.2 Å². The van der Waals surface area contributed by atoms with Gasteiger partial charge in [0.25, 0.3) is 11.8 Å². The second-order valence-electron chi connectivity index (χ2n) is 20.3. The van der Waals surface area contributed by atoms with Crippen molar-refractivity contribution < 1.29 is 60.1 Å². The van der Waals surface area contributed by atoms with Crippen LogP contribution in [0.15, 0.2) is 72.8 Å². The predicted octanol–water partition coefficient (Wildman–Crippen LogP) is 11.5. The molecule has 0 spiro atoms. The molecule has 3 amide bonds. The molecule has 21 heteroatoms. The fraction of sp³-hybridized carbons (Fsp3) is 0.415. The van der Waals surface area contributed by atoms with Gasteiger partial charge in [-0.3, -0.25) is 29.1 Å². The lowest BCUT2D eigenvalue weighted by Crippen LogP contribution is -2.52. The molecule has 0 bridgehead atoms. The molecule has 74 heavy (non-hydrogen) atoms. The number of hydrogen-bond acceptors (Lipinski definition) is 10. The third-order valence-corrected chi connectivity index (χ3v) is 14.1. The van der Waals surface area contributed by atoms with Crippen molar-refractivity contribution in [1.29, 1.82) is 5.26 Å². The van der Waals surface area contributed by atoms with Crippen LogP contribution in [-0.4, -0.2) is 79.8 Å². The van der Waals surface area contributed by atoms with Crippen molar-refractivity contribution in [2.24, 2.45) is 5.92 Å². The fourth-order valence-electron chi connectivity index (χ4n) is 9.52. The number of rotatable bonds is 11. The number of carbonyl (C=O) groups is 4. The van der Waals surface area contributed by atoms with Crippen molar-refractivity contribution in [3.05, 3.63) is 106 Å². The summed E-state index contributed by atoms with van der Waals surface area (Å²) in [6.07, 6.45) is -9.92. The fourth-order valence-corrected chi connectivity index (χ4v) is 10.6. The largest absolute Gasteiger partial charge is 0.508 e. The van der Waals surface area contributed by atoms with Gasteiger partial charge in [-0.25, -0.2) is 4.79 Å². The molecule has 0 saturated carbocycles. The summed E-state index contributed by atoms with van der Waals surface area (Å²) in [5.41, 5.74) is -6.06. The Kier molecular flexibility index (Phi) is 14.7. The third-order valence-electron chi connectivity index (χ3n) is 13.4. The minimum Gasteiger partial charge on any atom is -0.508 e. The van der Waals surface area contributed by atoms with E-state index < -0.39 is 86.9 Å². The molecule has 4 aromatic carbocycles. The normalized spacial score (nSPS) is 19.1. The van der Waals surface area contributed by atoms with E-state index in [1.165, 1.54) is 34.1 Å². The molecule has 0 aliphatic carbocycles. The zero-order chi connectivity index (χ0) is 54.8. The maximum absolute atomic E-state index is 15.2. The highest BCUT2D eigenvalue weighted by Gasteiger charge is 2.53. The number of thiocarbonyl (C=S) groups is 2. The summed E-state index contributed by atoms with van der Waals surface area (Å²) >= 11 is 11.5. The number of alkyl halides is 6. The van der Waals surface area contributed by atoms with Crippen molar-refractivity contribution in [2.45, 2.75) is 123 Å². The Balaban J connectivity index is 1.15. The van der Waals surface area contributed by atoms with E-state index in [-0.39, 0.29) is 53.3 Å². The minimum absolute atomic E-state index is 0.0285. The van der Waals surface area contributed by atoms with Crippen molar-refractivity contribution in [3.63, 3.8) is 0 Å². The monoisotopic (exact) mass is 1060 g/mol. The Hall–Kier alpha value is -6.79. The summed E-state index contributed by atoms with van der Waals surface area (Å²) in [5.74, 6) is -2.33. The second kappa shape index (κ2) is 19.8. The van der Waals surface area contributed by atoms with Crippen LogP contribution in [0.25, 0.3) is 0 Å². The highest BCUT2D eigenvalue weighted by atomic mass is 32.1. The topological polar surface area (TPSA) is 147 Å². The molecule has 3 aliphatic rings. The standard InChI is InChI=1S/C53H54F6N6O7S2/c1-10-30-23-35(15-18-41(30)66)64-47(74)63(45(69)50(64,6)7)34-14-17-37(39(26-34)53(57,58)59)43(67)40-22-29(20-21-61(40)48(70)72-49(3,4)5)28-71-42-19-16-36(24-31(42)11-2)65-46(73)62(44(68)51(65,8)9)33-13-12-32(27-60)38(25-33)52(54,55)56/h12-19,23-26,29,40,66H,10-11,20-22,28H2,1-9H3. The zero-order valence-electron chi connectivity index (χ0n) is 42.0. The molecule has 4 aromatic rings. The van der Waals surface area contributed by atoms with E-state index in [2.05, 4.69) is 0 Å². The SMILES string of the molecule is CCc1cc(N2C(=S)N(c3ccc(C(=O)C4CC(COc5ccc(N6C(=S)N(c7ccc(C#N)c(C(F)(F)F)c7)C(=O)C6(C)C)cc5CC)CCN4C(=O)OC(C)(C)C)c(C(F)(F)F)c3)C(=O)C2(C)C)ccc1O. The van der Waals surface area contributed by atoms with Gasteiger partial charge in [-0.1, -0.05) is 13.8 Å². The number of phenols is 1. The summed E-state index contributed by atoms with van der Waals surface area (Å²) in [5, 5.41) is 19.4. The van der Waals surface area contributed by atoms with E-state index in [4.69, 9.17) is 33.9 Å². The zero-order valence-corrected chi connectivity index (χ0v) is 43.6. The van der Waals surface area contributed by atoms with Crippen molar-refractivity contribution in [1.82, 2.24) is 4.90 Å². The van der Waals surface area contributed by atoms with Gasteiger partial charge in [0.15, 0.2) is 16.0 Å². The Morgan fingerprint density at radius 3 is 1.76 bits per heavy atom. The smallest absolute Gasteiger partial charge is 0.417 e. The maximum atomic E-state index is 15.2. The highest BCUT2D eigenvalue weighted by molar-refractivity contribution is 7.81. The predicted molar refractivity (Wildman–Crippen MR) is 273 cm³/mol. The number of nitrogens with zero attached hydrogens (tertiary/aromatic N) is 6. The van der Waals surface area contributed by atoms with Crippen LogP contribution in [0.1, 0.15) is 113 Å². The molecule has 0 aromatic heterocycles. The second-order valence-corrected chi connectivity index (χ2v) is 21.0. The van der Waals surface area contributed by atoms with Crippen molar-refractivity contribution in [2.75, 3.05) is 32.8 Å². The first-order valence-corrected chi connectivity index (χ1v) is 24.5. The number of likely N-dealkylation sites (tertiary alicyclic amines) is 1. The van der Waals surface area contributed by atoms with Crippen LogP contribution in [0.4, 0.5) is 53.9 Å². The number of aromatic hydroxyl groups is 1. The van der Waals surface area contributed by atoms with Gasteiger partial charge < -0.3 is 24.4 Å². The number of benzene rings is 4. The third kappa shape index (κ3) is 10.2. The van der Waals surface area contributed by atoms with Gasteiger partial charge in [0.05, 0.1) is 46.8 Å². The molecule has 3 aliphatic heterocycles. The number of Topliss-reactive ketones (excluding diaryl/α,β-unsaturated/α-hetero) is 1. The molecule has 3 saturated heterocycles. The summed E-state index contributed by atoms with van der Waals surface area (Å²) in [6.45, 7) is 14.7. The van der Waals surface area contributed by atoms with Gasteiger partial charge >= 0.3 is 18.4 Å². The lowest BCUT2D eigenvalue weighted by molar-refractivity contribution is -0.138. The molecular formula is C53H54F6N6O7S2. The first-order valence-electron chi connectivity index (χ1n) is 23.7. The number of amides is 3. The summed E-state index contributed by atoms with van der Waals surface area (Å²) in [4.78, 5) is 62.5. The number of carbonyl (C=O) groups excluding carboxylic acids is 4. The maximum Gasteiger partial charge on any atom is 0.417 e. The van der Waals surface area contributed by atoms with Crippen LogP contribution in [-0.2, 0) is 39.5 Å². The highest BCUT2D eigenvalue weighted by Crippen LogP contribution is 2.44. The lowest BCUT2D eigenvalue weighted by Gasteiger charge is -2.39. The van der Waals surface area contributed by atoms with Crippen LogP contribution in [0.2, 0.25) is 0 Å². The number of hydrogen-bond donors (Lipinski definition) is 1. The van der Waals surface area contributed by atoms with Crippen LogP contribution in [0, 0.1) is 17.2 Å². The summed E-state index contributed by atoms with van der Waals surface area (Å²) in [7, 11) is 0. The summed E-state index contributed by atoms with van der Waals surface area (Å²) < 4.78 is 99.5. The van der Waals surface area contributed by atoms with Crippen LogP contribution in [0.5, 0.6) is 11.5 Å². The average molecular weight is 1070 g/mol. The Bertz CT molecular complexity index is 3020. The number of nitriles is 1. The molecule has 3 fully saturated rings. The van der Waals surface area contributed by atoms with Gasteiger partial charge in [-0.15, -0.1) is 0 Å². The van der Waals surface area contributed by atoms with E-state index in [9.17, 15) is 42.7 Å². The Labute approximate surface area is 435 Å². The van der Waals surface area contributed by atoms with Gasteiger partial charge in [0.2, 0.25) is 0 Å². The number of ether oxygens (including phenoxy) is 2. The number of phenolic OH excluding ortho intramolecular Hbond substituents is 1. The molecule has 392 valence electrons. The van der Waals surface area contributed by atoms with E-state index in [1.54, 1.807) is 78.8 Å². The Morgan fingerprint density at radius 2 is 1.24 bits per heavy atom. The number of ketones is 1. The molecule has 13 nitrogen and oxygen atoms in total. The molecular weight excluding hydrogens is 1010 g/mol. The first-order chi connectivity index (χ1) is 34.4. The van der Waals surface area contributed by atoms with Crippen LogP contribution >= 0.6 is 24.4 Å². The summed E-state index contributed by atoms with van der Waals surface area (Å²) in [6, 6.07) is 15.5. The van der Waals surface area contributed by atoms with Gasteiger partial charge in [-0.05, 0) is 188 Å². The van der Waals surface area contributed by atoms with Crippen molar-refractivity contribution >= 4 is 81.1 Å². The Morgan fingerprint density at radius 1 is 0.743 bits per heavy atom. The number of aryl methyl sites for hydroxylation is 2. The van der Waals surface area contributed by atoms with E-state index in [0.717, 1.165) is 26.8 Å². The molecule has 1 N–H and O–H groups in total. The minimum atomic E-state index is -5.12. The van der Waals surface area contributed by atoms with Gasteiger partial charge in [0.1, 0.15) is 28.2 Å². The average Bonchev–Trinajstić information content (AvgIpc) is 3.62. The van der Waals surface area contributed by atoms with Gasteiger partial charge in [0, 0.05) is 23.5 Å². The van der Waals surface area contributed by atoms with Crippen LogP contribution < -0.4 is 24.3 Å². The quantitative estimate of drug-likeness (QED) is 0.0866.